The van der Waals surface area contributed by atoms with Crippen molar-refractivity contribution in [2.75, 3.05) is 6.54 Å². The van der Waals surface area contributed by atoms with Crippen LogP contribution in [0.4, 0.5) is 0 Å². The second-order valence-electron chi connectivity index (χ2n) is 5.32. The summed E-state index contributed by atoms with van der Waals surface area (Å²) < 4.78 is 28.1. The lowest BCUT2D eigenvalue weighted by Gasteiger charge is -2.35. The summed E-state index contributed by atoms with van der Waals surface area (Å²) in [5.41, 5.74) is 0. The third kappa shape index (κ3) is 3.44. The van der Waals surface area contributed by atoms with Crippen molar-refractivity contribution in [2.45, 2.75) is 56.6 Å². The van der Waals surface area contributed by atoms with Gasteiger partial charge in [0.05, 0.1) is 14.8 Å². The van der Waals surface area contributed by atoms with E-state index in [1.165, 1.54) is 11.3 Å². The van der Waals surface area contributed by atoms with Crippen LogP contribution in [0.25, 0.3) is 0 Å². The molecule has 0 radical (unpaired) electrons. The number of thiophene rings is 1. The van der Waals surface area contributed by atoms with Crippen LogP contribution in [-0.2, 0) is 10.0 Å². The van der Waals surface area contributed by atoms with Crippen LogP contribution in [0.3, 0.4) is 0 Å². The lowest BCUT2D eigenvalue weighted by molar-refractivity contribution is 0.131. The minimum atomic E-state index is -3.46. The number of hydrogen-bond acceptors (Lipinski definition) is 4. The fraction of sp³-hybridized carbons (Fsp3) is 0.692. The van der Waals surface area contributed by atoms with Crippen LogP contribution in [0, 0.1) is 6.92 Å². The molecule has 1 N–H and O–H groups in total. The number of aliphatic hydroxyl groups is 1. The van der Waals surface area contributed by atoms with E-state index in [4.69, 9.17) is 0 Å². The first-order valence-corrected chi connectivity index (χ1v) is 9.83. The molecule has 0 bridgehead atoms. The minimum Gasteiger partial charge on any atom is -0.393 e. The van der Waals surface area contributed by atoms with Gasteiger partial charge in [0.15, 0.2) is 0 Å². The first-order valence-electron chi connectivity index (χ1n) is 6.78. The summed E-state index contributed by atoms with van der Waals surface area (Å²) in [4.78, 5) is 1.20. The maximum absolute atomic E-state index is 12.8. The number of halogens is 1. The van der Waals surface area contributed by atoms with Gasteiger partial charge in [-0.2, -0.15) is 4.31 Å². The molecule has 2 unspecified atom stereocenters. The Balaban J connectivity index is 2.33. The third-order valence-corrected chi connectivity index (χ3v) is 7.38. The van der Waals surface area contributed by atoms with Crippen LogP contribution >= 0.6 is 27.3 Å². The summed E-state index contributed by atoms with van der Waals surface area (Å²) in [6.45, 7) is 4.09. The van der Waals surface area contributed by atoms with E-state index in [1.54, 1.807) is 17.3 Å². The molecule has 114 valence electrons. The van der Waals surface area contributed by atoms with E-state index in [0.717, 1.165) is 27.9 Å². The van der Waals surface area contributed by atoms with Gasteiger partial charge in [-0.25, -0.2) is 8.42 Å². The molecular weight excluding hydrogens is 362 g/mol. The van der Waals surface area contributed by atoms with E-state index < -0.39 is 16.1 Å². The molecule has 1 fully saturated rings. The zero-order valence-electron chi connectivity index (χ0n) is 11.7. The first-order chi connectivity index (χ1) is 9.32. The molecule has 7 heteroatoms. The van der Waals surface area contributed by atoms with Gasteiger partial charge >= 0.3 is 0 Å². The van der Waals surface area contributed by atoms with E-state index in [9.17, 15) is 13.5 Å². The highest BCUT2D eigenvalue weighted by atomic mass is 79.9. The highest BCUT2D eigenvalue weighted by molar-refractivity contribution is 9.11. The predicted molar refractivity (Wildman–Crippen MR) is 84.6 cm³/mol. The molecule has 0 amide bonds. The molecule has 20 heavy (non-hydrogen) atoms. The standard InChI is InChI=1S/C13H20BrNO3S2/c1-9(16)7-11-5-3-4-6-15(11)20(17,18)12-8-13(14)19-10(12)2/h8-9,11,16H,3-7H2,1-2H3. The molecule has 1 aliphatic heterocycles. The predicted octanol–water partition coefficient (Wildman–Crippen LogP) is 3.13. The van der Waals surface area contributed by atoms with E-state index in [0.29, 0.717) is 17.9 Å². The van der Waals surface area contributed by atoms with Crippen molar-refractivity contribution in [2.24, 2.45) is 0 Å². The molecule has 1 aliphatic rings. The smallest absolute Gasteiger partial charge is 0.244 e. The molecule has 4 nitrogen and oxygen atoms in total. The van der Waals surface area contributed by atoms with Gasteiger partial charge < -0.3 is 5.11 Å². The van der Waals surface area contributed by atoms with Crippen LogP contribution in [0.15, 0.2) is 14.7 Å². The van der Waals surface area contributed by atoms with Crippen molar-refractivity contribution >= 4 is 37.3 Å². The van der Waals surface area contributed by atoms with Gasteiger partial charge in [0.1, 0.15) is 0 Å². The summed E-state index contributed by atoms with van der Waals surface area (Å²) in [5, 5.41) is 9.59. The third-order valence-electron chi connectivity index (χ3n) is 3.62. The van der Waals surface area contributed by atoms with Crippen molar-refractivity contribution in [1.29, 1.82) is 0 Å². The Kier molecular flexibility index (Phi) is 5.29. The zero-order valence-corrected chi connectivity index (χ0v) is 14.9. The van der Waals surface area contributed by atoms with Crippen molar-refractivity contribution in [3.8, 4) is 0 Å². The van der Waals surface area contributed by atoms with E-state index in [1.807, 2.05) is 6.92 Å². The van der Waals surface area contributed by atoms with Gasteiger partial charge in [0.2, 0.25) is 10.0 Å². The Morgan fingerprint density at radius 1 is 1.55 bits per heavy atom. The minimum absolute atomic E-state index is 0.0909. The Morgan fingerprint density at radius 2 is 2.25 bits per heavy atom. The molecular formula is C13H20BrNO3S2. The Hall–Kier alpha value is 0.0500. The van der Waals surface area contributed by atoms with E-state index in [2.05, 4.69) is 15.9 Å². The molecule has 2 rings (SSSR count). The van der Waals surface area contributed by atoms with Gasteiger partial charge in [-0.3, -0.25) is 0 Å². The number of rotatable bonds is 4. The number of aliphatic hydroxyl groups excluding tert-OH is 1. The highest BCUT2D eigenvalue weighted by Gasteiger charge is 2.35. The van der Waals surface area contributed by atoms with Crippen molar-refractivity contribution < 1.29 is 13.5 Å². The van der Waals surface area contributed by atoms with Crippen LogP contribution in [-0.4, -0.2) is 36.5 Å². The maximum atomic E-state index is 12.8. The maximum Gasteiger partial charge on any atom is 0.244 e. The summed E-state index contributed by atoms with van der Waals surface area (Å²) in [6, 6.07) is 1.59. The SMILES string of the molecule is Cc1sc(Br)cc1S(=O)(=O)N1CCCCC1CC(C)O. The van der Waals surface area contributed by atoms with Crippen LogP contribution < -0.4 is 0 Å². The molecule has 0 saturated carbocycles. The van der Waals surface area contributed by atoms with Crippen LogP contribution in [0.1, 0.15) is 37.5 Å². The topological polar surface area (TPSA) is 57.6 Å². The quantitative estimate of drug-likeness (QED) is 0.871. The van der Waals surface area contributed by atoms with Crippen molar-refractivity contribution in [3.63, 3.8) is 0 Å². The number of hydrogen-bond donors (Lipinski definition) is 1. The average Bonchev–Trinajstić information content (AvgIpc) is 2.69. The summed E-state index contributed by atoms with van der Waals surface area (Å²) >= 11 is 4.79. The fourth-order valence-corrected chi connectivity index (χ4v) is 6.82. The Bertz CT molecular complexity index is 568. The van der Waals surface area contributed by atoms with Gasteiger partial charge in [0.25, 0.3) is 0 Å². The molecule has 1 aromatic heterocycles. The summed E-state index contributed by atoms with van der Waals surface area (Å²) in [7, 11) is -3.46. The molecule has 2 atom stereocenters. The normalized spacial score (nSPS) is 22.9. The van der Waals surface area contributed by atoms with Gasteiger partial charge in [0, 0.05) is 17.5 Å². The molecule has 1 aromatic rings. The number of nitrogens with zero attached hydrogens (tertiary/aromatic N) is 1. The largest absolute Gasteiger partial charge is 0.393 e. The zero-order chi connectivity index (χ0) is 14.9. The van der Waals surface area contributed by atoms with Gasteiger partial charge in [-0.15, -0.1) is 11.3 Å². The fourth-order valence-electron chi connectivity index (χ4n) is 2.73. The molecule has 0 aliphatic carbocycles. The number of sulfonamides is 1. The second-order valence-corrected chi connectivity index (χ2v) is 9.82. The van der Waals surface area contributed by atoms with E-state index in [-0.39, 0.29) is 6.04 Å². The molecule has 0 aromatic carbocycles. The monoisotopic (exact) mass is 381 g/mol. The summed E-state index contributed by atoms with van der Waals surface area (Å²) in [6.07, 6.45) is 2.76. The molecule has 1 saturated heterocycles. The molecule has 0 spiro atoms. The Labute approximate surface area is 133 Å². The summed E-state index contributed by atoms with van der Waals surface area (Å²) in [5.74, 6) is 0. The number of aryl methyl sites for hydroxylation is 1. The second kappa shape index (κ2) is 6.44. The molecule has 2 heterocycles. The van der Waals surface area contributed by atoms with Crippen molar-refractivity contribution in [3.05, 3.63) is 14.7 Å². The van der Waals surface area contributed by atoms with E-state index >= 15 is 0 Å². The average molecular weight is 382 g/mol. The van der Waals surface area contributed by atoms with Crippen LogP contribution in [0.5, 0.6) is 0 Å². The van der Waals surface area contributed by atoms with Crippen molar-refractivity contribution in [1.82, 2.24) is 4.31 Å². The lowest BCUT2D eigenvalue weighted by Crippen LogP contribution is -2.44. The van der Waals surface area contributed by atoms with Gasteiger partial charge in [-0.1, -0.05) is 6.42 Å². The number of piperidine rings is 1. The lowest BCUT2D eigenvalue weighted by atomic mass is 10.00. The first kappa shape index (κ1) is 16.4. The van der Waals surface area contributed by atoms with Gasteiger partial charge in [-0.05, 0) is 55.1 Å². The Morgan fingerprint density at radius 3 is 2.80 bits per heavy atom. The van der Waals surface area contributed by atoms with Crippen LogP contribution in [0.2, 0.25) is 0 Å². The highest BCUT2D eigenvalue weighted by Crippen LogP contribution is 2.34.